The average Bonchev–Trinajstić information content (AvgIpc) is 2.77. The first-order chi connectivity index (χ1) is 14.6. The van der Waals surface area contributed by atoms with Gasteiger partial charge in [-0.1, -0.05) is 126 Å². The summed E-state index contributed by atoms with van der Waals surface area (Å²) in [6.07, 6.45) is 19.3. The number of aliphatic imine (C=N–C) groups is 1. The SMILES string of the molecule is C/C=C/[Si](CC)(CC)CCC=NCCCCCCCCCC[Si](/C=C/C)(CC)CC. The highest BCUT2D eigenvalue weighted by Crippen LogP contribution is 2.26. The Bertz CT molecular complexity index is 459. The molecule has 0 saturated carbocycles. The van der Waals surface area contributed by atoms with E-state index in [2.05, 4.69) is 76.3 Å². The van der Waals surface area contributed by atoms with Gasteiger partial charge in [-0.15, -0.1) is 0 Å². The Balaban J connectivity index is 3.67. The molecule has 0 aromatic heterocycles. The summed E-state index contributed by atoms with van der Waals surface area (Å²) in [5.41, 5.74) is 5.15. The molecule has 0 spiro atoms. The second kappa shape index (κ2) is 19.3. The zero-order chi connectivity index (χ0) is 22.6. The summed E-state index contributed by atoms with van der Waals surface area (Å²) >= 11 is 0. The fraction of sp³-hybridized carbons (Fsp3) is 0.815. The van der Waals surface area contributed by atoms with Crippen molar-refractivity contribution in [2.45, 2.75) is 136 Å². The lowest BCUT2D eigenvalue weighted by Crippen LogP contribution is -2.29. The van der Waals surface area contributed by atoms with Crippen molar-refractivity contribution in [2.24, 2.45) is 4.99 Å². The molecule has 0 atom stereocenters. The molecule has 0 N–H and O–H groups in total. The van der Waals surface area contributed by atoms with Gasteiger partial charge in [0, 0.05) is 6.54 Å². The van der Waals surface area contributed by atoms with Crippen molar-refractivity contribution in [1.29, 1.82) is 0 Å². The first-order valence-electron chi connectivity index (χ1n) is 13.3. The minimum absolute atomic E-state index is 1.04. The lowest BCUT2D eigenvalue weighted by atomic mass is 10.1. The van der Waals surface area contributed by atoms with Gasteiger partial charge in [-0.05, 0) is 38.9 Å². The van der Waals surface area contributed by atoms with Crippen LogP contribution in [0.15, 0.2) is 28.5 Å². The van der Waals surface area contributed by atoms with Crippen LogP contribution in [0.4, 0.5) is 0 Å². The number of nitrogens with zero attached hydrogens (tertiary/aromatic N) is 1. The summed E-state index contributed by atoms with van der Waals surface area (Å²) in [6, 6.07) is 8.48. The zero-order valence-electron chi connectivity index (χ0n) is 21.6. The zero-order valence-corrected chi connectivity index (χ0v) is 23.6. The lowest BCUT2D eigenvalue weighted by Gasteiger charge is -2.25. The molecule has 0 aliphatic carbocycles. The van der Waals surface area contributed by atoms with Gasteiger partial charge in [0.25, 0.3) is 0 Å². The van der Waals surface area contributed by atoms with E-state index in [1.54, 1.807) is 0 Å². The molecule has 0 fully saturated rings. The van der Waals surface area contributed by atoms with Gasteiger partial charge < -0.3 is 0 Å². The maximum Gasteiger partial charge on any atom is 0.0772 e. The van der Waals surface area contributed by atoms with Gasteiger partial charge in [0.1, 0.15) is 0 Å². The summed E-state index contributed by atoms with van der Waals surface area (Å²) in [7, 11) is -2.19. The monoisotopic (exact) mass is 449 g/mol. The van der Waals surface area contributed by atoms with Crippen molar-refractivity contribution < 1.29 is 0 Å². The molecule has 176 valence electrons. The molecule has 3 heteroatoms. The molecule has 0 heterocycles. The number of hydrogen-bond donors (Lipinski definition) is 0. The first-order valence-corrected chi connectivity index (χ1v) is 18.7. The molecule has 0 aliphatic rings. The summed E-state index contributed by atoms with van der Waals surface area (Å²) in [4.78, 5) is 4.69. The molecule has 0 aromatic rings. The highest BCUT2D eigenvalue weighted by atomic mass is 28.3. The van der Waals surface area contributed by atoms with Crippen molar-refractivity contribution in [3.63, 3.8) is 0 Å². The van der Waals surface area contributed by atoms with Crippen LogP contribution in [0.1, 0.15) is 99.3 Å². The van der Waals surface area contributed by atoms with Crippen molar-refractivity contribution >= 4 is 22.4 Å². The largest absolute Gasteiger partial charge is 0.298 e. The van der Waals surface area contributed by atoms with Crippen LogP contribution in [0.25, 0.3) is 0 Å². The normalized spacial score (nSPS) is 13.4. The van der Waals surface area contributed by atoms with E-state index in [4.69, 9.17) is 0 Å². The number of rotatable bonds is 20. The molecule has 0 amide bonds. The van der Waals surface area contributed by atoms with E-state index in [0.717, 1.165) is 6.54 Å². The third-order valence-electron chi connectivity index (χ3n) is 7.47. The minimum Gasteiger partial charge on any atom is -0.298 e. The highest BCUT2D eigenvalue weighted by Gasteiger charge is 2.24. The Hall–Kier alpha value is -0.416. The predicted molar refractivity (Wildman–Crippen MR) is 148 cm³/mol. The van der Waals surface area contributed by atoms with E-state index >= 15 is 0 Å². The molecule has 30 heavy (non-hydrogen) atoms. The predicted octanol–water partition coefficient (Wildman–Crippen LogP) is 9.78. The smallest absolute Gasteiger partial charge is 0.0772 e. The van der Waals surface area contributed by atoms with Gasteiger partial charge in [0.05, 0.1) is 16.1 Å². The van der Waals surface area contributed by atoms with Gasteiger partial charge in [0.2, 0.25) is 0 Å². The van der Waals surface area contributed by atoms with Crippen LogP contribution >= 0.6 is 0 Å². The van der Waals surface area contributed by atoms with Crippen LogP contribution in [0, 0.1) is 0 Å². The van der Waals surface area contributed by atoms with E-state index in [1.165, 1.54) is 94.1 Å². The van der Waals surface area contributed by atoms with E-state index in [-0.39, 0.29) is 0 Å². The second-order valence-corrected chi connectivity index (χ2v) is 19.3. The van der Waals surface area contributed by atoms with Crippen LogP contribution < -0.4 is 0 Å². The second-order valence-electron chi connectivity index (χ2n) is 9.34. The molecule has 0 aliphatic heterocycles. The van der Waals surface area contributed by atoms with E-state index < -0.39 is 16.1 Å². The molecular formula is C27H55NSi2. The Morgan fingerprint density at radius 2 is 1.00 bits per heavy atom. The van der Waals surface area contributed by atoms with Crippen LogP contribution in [-0.4, -0.2) is 28.9 Å². The Morgan fingerprint density at radius 1 is 0.567 bits per heavy atom. The fourth-order valence-corrected chi connectivity index (χ4v) is 11.6. The summed E-state index contributed by atoms with van der Waals surface area (Å²) < 4.78 is 0. The van der Waals surface area contributed by atoms with Crippen LogP contribution in [0.3, 0.4) is 0 Å². The van der Waals surface area contributed by atoms with Crippen LogP contribution in [-0.2, 0) is 0 Å². The lowest BCUT2D eigenvalue weighted by molar-refractivity contribution is 0.577. The maximum atomic E-state index is 4.69. The van der Waals surface area contributed by atoms with Gasteiger partial charge in [0.15, 0.2) is 0 Å². The summed E-state index contributed by atoms with van der Waals surface area (Å²) in [6.45, 7) is 15.0. The maximum absolute atomic E-state index is 4.69. The fourth-order valence-electron chi connectivity index (χ4n) is 4.83. The third-order valence-corrected chi connectivity index (χ3v) is 17.8. The number of unbranched alkanes of at least 4 members (excludes halogenated alkanes) is 7. The standard InChI is InChI=1S/C27H55NSi2/c1-7-24-29(9-3,10-4)26-20-18-16-14-13-15-17-19-22-28-23-21-27-30(11-5,12-6)25-8-2/h7-8,23-25H,9-22,26-27H2,1-6H3/b24-7+,25-8+,28-23?. The quantitative estimate of drug-likeness (QED) is 0.0995. The Morgan fingerprint density at radius 3 is 1.47 bits per heavy atom. The average molecular weight is 450 g/mol. The third kappa shape index (κ3) is 13.1. The Kier molecular flexibility index (Phi) is 19.0. The van der Waals surface area contributed by atoms with E-state index in [9.17, 15) is 0 Å². The van der Waals surface area contributed by atoms with Crippen molar-refractivity contribution in [1.82, 2.24) is 0 Å². The molecule has 0 bridgehead atoms. The number of hydrogen-bond acceptors (Lipinski definition) is 1. The van der Waals surface area contributed by atoms with Gasteiger partial charge in [-0.3, -0.25) is 4.99 Å². The minimum atomic E-state index is -1.14. The number of allylic oxidation sites excluding steroid dienone is 2. The van der Waals surface area contributed by atoms with Crippen molar-refractivity contribution in [3.05, 3.63) is 23.6 Å². The van der Waals surface area contributed by atoms with Crippen molar-refractivity contribution in [3.8, 4) is 0 Å². The molecular weight excluding hydrogens is 394 g/mol. The van der Waals surface area contributed by atoms with Gasteiger partial charge in [-0.25, -0.2) is 0 Å². The van der Waals surface area contributed by atoms with Crippen LogP contribution in [0.5, 0.6) is 0 Å². The Labute approximate surface area is 193 Å². The highest BCUT2D eigenvalue weighted by molar-refractivity contribution is 6.84. The topological polar surface area (TPSA) is 12.4 Å². The van der Waals surface area contributed by atoms with Gasteiger partial charge in [-0.2, -0.15) is 0 Å². The van der Waals surface area contributed by atoms with Gasteiger partial charge >= 0.3 is 0 Å². The molecule has 0 aromatic carbocycles. The van der Waals surface area contributed by atoms with Crippen LogP contribution in [0.2, 0.25) is 36.3 Å². The molecule has 0 unspecified atom stereocenters. The first kappa shape index (κ1) is 29.6. The van der Waals surface area contributed by atoms with E-state index in [0.29, 0.717) is 0 Å². The molecule has 1 nitrogen and oxygen atoms in total. The summed E-state index contributed by atoms with van der Waals surface area (Å²) in [5.74, 6) is 0. The summed E-state index contributed by atoms with van der Waals surface area (Å²) in [5, 5.41) is 0. The molecule has 0 saturated heterocycles. The molecule has 0 radical (unpaired) electrons. The van der Waals surface area contributed by atoms with Crippen molar-refractivity contribution in [2.75, 3.05) is 6.54 Å². The van der Waals surface area contributed by atoms with E-state index in [1.807, 2.05) is 0 Å². The molecule has 0 rings (SSSR count).